The molecule has 0 radical (unpaired) electrons. The van der Waals surface area contributed by atoms with Crippen molar-refractivity contribution in [1.29, 1.82) is 0 Å². The van der Waals surface area contributed by atoms with E-state index in [2.05, 4.69) is 12.2 Å². The summed E-state index contributed by atoms with van der Waals surface area (Å²) in [6.07, 6.45) is 6.50. The van der Waals surface area contributed by atoms with Crippen molar-refractivity contribution in [3.63, 3.8) is 0 Å². The maximum atomic E-state index is 11.8. The van der Waals surface area contributed by atoms with E-state index in [9.17, 15) is 4.79 Å². The van der Waals surface area contributed by atoms with Gasteiger partial charge in [0.15, 0.2) is 0 Å². The molecule has 0 aromatic heterocycles. The van der Waals surface area contributed by atoms with Crippen molar-refractivity contribution in [3.05, 3.63) is 0 Å². The van der Waals surface area contributed by atoms with Crippen LogP contribution in [-0.4, -0.2) is 16.4 Å². The number of nitrogens with two attached hydrogens (primary N) is 1. The molecular weight excluding hydrogens is 232 g/mol. The van der Waals surface area contributed by atoms with Crippen molar-refractivity contribution in [3.8, 4) is 0 Å². The summed E-state index contributed by atoms with van der Waals surface area (Å²) in [6, 6.07) is 0. The van der Waals surface area contributed by atoms with Crippen LogP contribution in [-0.2, 0) is 4.79 Å². The van der Waals surface area contributed by atoms with E-state index in [1.54, 1.807) is 0 Å². The van der Waals surface area contributed by atoms with Gasteiger partial charge < -0.3 is 11.1 Å². The highest BCUT2D eigenvalue weighted by molar-refractivity contribution is 7.80. The zero-order valence-electron chi connectivity index (χ0n) is 11.3. The van der Waals surface area contributed by atoms with Gasteiger partial charge in [-0.1, -0.05) is 52.3 Å². The molecule has 0 saturated heterocycles. The number of rotatable bonds is 9. The zero-order chi connectivity index (χ0) is 13.3. The van der Waals surface area contributed by atoms with Crippen LogP contribution in [0.2, 0.25) is 0 Å². The van der Waals surface area contributed by atoms with Crippen molar-refractivity contribution in [1.82, 2.24) is 5.32 Å². The minimum Gasteiger partial charge on any atom is -0.391 e. The molecule has 0 fully saturated rings. The van der Waals surface area contributed by atoms with Crippen LogP contribution in [0.5, 0.6) is 0 Å². The molecule has 0 spiro atoms. The minimum absolute atomic E-state index is 0.0672. The Morgan fingerprint density at radius 2 is 1.76 bits per heavy atom. The van der Waals surface area contributed by atoms with Gasteiger partial charge >= 0.3 is 0 Å². The molecule has 0 saturated carbocycles. The quantitative estimate of drug-likeness (QED) is 0.494. The Morgan fingerprint density at radius 3 is 2.18 bits per heavy atom. The first kappa shape index (κ1) is 16.4. The predicted octanol–water partition coefficient (Wildman–Crippen LogP) is 2.92. The second kappa shape index (κ2) is 8.45. The molecular formula is C13H26N2OS. The summed E-state index contributed by atoms with van der Waals surface area (Å²) in [6.45, 7) is 6.16. The van der Waals surface area contributed by atoms with E-state index in [-0.39, 0.29) is 5.91 Å². The second-order valence-corrected chi connectivity index (χ2v) is 4.95. The predicted molar refractivity (Wildman–Crippen MR) is 77.0 cm³/mol. The summed E-state index contributed by atoms with van der Waals surface area (Å²) < 4.78 is 0. The van der Waals surface area contributed by atoms with E-state index in [1.165, 1.54) is 12.8 Å². The SMILES string of the molecule is CCCCCCC(=O)NC(CC)(CC)C(N)=S. The summed E-state index contributed by atoms with van der Waals surface area (Å²) in [5, 5.41) is 3.00. The monoisotopic (exact) mass is 258 g/mol. The van der Waals surface area contributed by atoms with Crippen LogP contribution in [0.4, 0.5) is 0 Å². The Hall–Kier alpha value is -0.640. The Kier molecular flexibility index (Phi) is 8.13. The number of unbranched alkanes of at least 4 members (excludes halogenated alkanes) is 3. The molecule has 0 atom stereocenters. The molecule has 0 aliphatic carbocycles. The highest BCUT2D eigenvalue weighted by Gasteiger charge is 2.30. The topological polar surface area (TPSA) is 55.1 Å². The van der Waals surface area contributed by atoms with Crippen LogP contribution in [0.3, 0.4) is 0 Å². The van der Waals surface area contributed by atoms with Gasteiger partial charge in [0.05, 0.1) is 10.5 Å². The molecule has 0 aliphatic heterocycles. The lowest BCUT2D eigenvalue weighted by Gasteiger charge is -2.31. The summed E-state index contributed by atoms with van der Waals surface area (Å²) in [4.78, 5) is 12.2. The van der Waals surface area contributed by atoms with Gasteiger partial charge in [0.2, 0.25) is 5.91 Å². The van der Waals surface area contributed by atoms with Gasteiger partial charge in [-0.25, -0.2) is 0 Å². The van der Waals surface area contributed by atoms with E-state index >= 15 is 0 Å². The fourth-order valence-electron chi connectivity index (χ4n) is 1.88. The van der Waals surface area contributed by atoms with Gasteiger partial charge in [-0.15, -0.1) is 0 Å². The average molecular weight is 258 g/mol. The van der Waals surface area contributed by atoms with Crippen molar-refractivity contribution >= 4 is 23.1 Å². The van der Waals surface area contributed by atoms with Crippen molar-refractivity contribution in [2.75, 3.05) is 0 Å². The standard InChI is InChI=1S/C13H26N2OS/c1-4-7-8-9-10-11(16)15-13(5-2,6-3)12(14)17/h4-10H2,1-3H3,(H2,14,17)(H,15,16). The number of carbonyl (C=O) groups is 1. The summed E-state index contributed by atoms with van der Waals surface area (Å²) >= 11 is 5.06. The Bertz CT molecular complexity index is 250. The third-order valence-electron chi connectivity index (χ3n) is 3.31. The average Bonchev–Trinajstić information content (AvgIpc) is 2.31. The van der Waals surface area contributed by atoms with Crippen LogP contribution in [0.15, 0.2) is 0 Å². The largest absolute Gasteiger partial charge is 0.391 e. The summed E-state index contributed by atoms with van der Waals surface area (Å²) in [7, 11) is 0. The van der Waals surface area contributed by atoms with Crippen molar-refractivity contribution in [2.45, 2.75) is 71.3 Å². The number of nitrogens with one attached hydrogen (secondary N) is 1. The third kappa shape index (κ3) is 5.48. The third-order valence-corrected chi connectivity index (χ3v) is 3.71. The van der Waals surface area contributed by atoms with E-state index in [0.717, 1.165) is 25.7 Å². The molecule has 0 unspecified atom stereocenters. The normalized spacial score (nSPS) is 11.2. The lowest BCUT2D eigenvalue weighted by atomic mass is 9.92. The Labute approximate surface area is 111 Å². The van der Waals surface area contributed by atoms with Gasteiger partial charge in [0.25, 0.3) is 0 Å². The van der Waals surface area contributed by atoms with Gasteiger partial charge in [-0.2, -0.15) is 0 Å². The number of thiocarbonyl (C=S) groups is 1. The fourth-order valence-corrected chi connectivity index (χ4v) is 2.22. The Balaban J connectivity index is 4.18. The first-order valence-electron chi connectivity index (χ1n) is 6.63. The first-order valence-corrected chi connectivity index (χ1v) is 7.04. The highest BCUT2D eigenvalue weighted by Crippen LogP contribution is 2.16. The number of amides is 1. The molecule has 3 nitrogen and oxygen atoms in total. The molecule has 0 rings (SSSR count). The van der Waals surface area contributed by atoms with Crippen molar-refractivity contribution < 1.29 is 4.79 Å². The van der Waals surface area contributed by atoms with Crippen LogP contribution in [0.25, 0.3) is 0 Å². The van der Waals surface area contributed by atoms with Crippen molar-refractivity contribution in [2.24, 2.45) is 5.73 Å². The molecule has 0 bridgehead atoms. The van der Waals surface area contributed by atoms with Crippen LogP contribution in [0.1, 0.15) is 65.7 Å². The zero-order valence-corrected chi connectivity index (χ0v) is 12.2. The van der Waals surface area contributed by atoms with Crippen LogP contribution < -0.4 is 11.1 Å². The minimum atomic E-state index is -0.489. The van der Waals surface area contributed by atoms with Gasteiger partial charge in [0.1, 0.15) is 0 Å². The molecule has 0 heterocycles. The molecule has 0 aromatic carbocycles. The van der Waals surface area contributed by atoms with E-state index in [1.807, 2.05) is 13.8 Å². The second-order valence-electron chi connectivity index (χ2n) is 4.51. The molecule has 17 heavy (non-hydrogen) atoms. The lowest BCUT2D eigenvalue weighted by Crippen LogP contribution is -2.55. The number of carbonyl (C=O) groups excluding carboxylic acids is 1. The maximum absolute atomic E-state index is 11.8. The van der Waals surface area contributed by atoms with Crippen LogP contribution in [0, 0.1) is 0 Å². The van der Waals surface area contributed by atoms with Crippen LogP contribution >= 0.6 is 12.2 Å². The summed E-state index contributed by atoms with van der Waals surface area (Å²) in [5.41, 5.74) is 5.25. The molecule has 0 aliphatic rings. The molecule has 1 amide bonds. The number of hydrogen-bond donors (Lipinski definition) is 2. The summed E-state index contributed by atoms with van der Waals surface area (Å²) in [5.74, 6) is 0.0672. The van der Waals surface area contributed by atoms with E-state index in [0.29, 0.717) is 11.4 Å². The van der Waals surface area contributed by atoms with E-state index in [4.69, 9.17) is 18.0 Å². The van der Waals surface area contributed by atoms with Gasteiger partial charge in [-0.05, 0) is 19.3 Å². The van der Waals surface area contributed by atoms with Gasteiger partial charge in [-0.3, -0.25) is 4.79 Å². The fraction of sp³-hybridized carbons (Fsp3) is 0.846. The van der Waals surface area contributed by atoms with E-state index < -0.39 is 5.54 Å². The molecule has 3 N–H and O–H groups in total. The molecule has 0 aromatic rings. The highest BCUT2D eigenvalue weighted by atomic mass is 32.1. The lowest BCUT2D eigenvalue weighted by molar-refractivity contribution is -0.122. The molecule has 100 valence electrons. The first-order chi connectivity index (χ1) is 8.02. The Morgan fingerprint density at radius 1 is 1.18 bits per heavy atom. The molecule has 4 heteroatoms. The maximum Gasteiger partial charge on any atom is 0.220 e. The number of hydrogen-bond acceptors (Lipinski definition) is 2. The smallest absolute Gasteiger partial charge is 0.220 e. The van der Waals surface area contributed by atoms with Gasteiger partial charge in [0, 0.05) is 6.42 Å².